The number of urea groups is 1. The number of amides is 3. The van der Waals surface area contributed by atoms with Crippen LogP contribution in [0.4, 0.5) is 9.18 Å². The zero-order chi connectivity index (χ0) is 21.7. The lowest BCUT2D eigenvalue weighted by Gasteiger charge is -2.27. The summed E-state index contributed by atoms with van der Waals surface area (Å²) in [4.78, 5) is 26.8. The molecule has 3 amide bonds. The van der Waals surface area contributed by atoms with E-state index in [1.807, 2.05) is 6.92 Å². The molecular weight excluding hydrogens is 409 g/mol. The fourth-order valence-corrected chi connectivity index (χ4v) is 4.49. The number of hydrogen-bond donors (Lipinski definition) is 1. The van der Waals surface area contributed by atoms with Gasteiger partial charge in [0.05, 0.1) is 4.90 Å². The summed E-state index contributed by atoms with van der Waals surface area (Å²) in [6.07, 6.45) is 1.59. The van der Waals surface area contributed by atoms with Crippen LogP contribution in [-0.2, 0) is 21.4 Å². The molecule has 9 heteroatoms. The van der Waals surface area contributed by atoms with Gasteiger partial charge in [-0.05, 0) is 49.6 Å². The van der Waals surface area contributed by atoms with Gasteiger partial charge < -0.3 is 10.2 Å². The second-order valence-corrected chi connectivity index (χ2v) is 9.07. The monoisotopic (exact) mass is 433 g/mol. The van der Waals surface area contributed by atoms with Gasteiger partial charge in [-0.15, -0.1) is 0 Å². The van der Waals surface area contributed by atoms with Crippen LogP contribution < -0.4 is 5.32 Å². The van der Waals surface area contributed by atoms with E-state index in [0.29, 0.717) is 23.0 Å². The Morgan fingerprint density at radius 1 is 1.03 bits per heavy atom. The van der Waals surface area contributed by atoms with E-state index in [1.165, 1.54) is 41.3 Å². The van der Waals surface area contributed by atoms with E-state index in [9.17, 15) is 22.4 Å². The van der Waals surface area contributed by atoms with Gasteiger partial charge in [-0.2, -0.15) is 0 Å². The number of hydrogen-bond acceptors (Lipinski definition) is 4. The van der Waals surface area contributed by atoms with E-state index in [1.54, 1.807) is 12.1 Å². The van der Waals surface area contributed by atoms with E-state index < -0.39 is 34.3 Å². The lowest BCUT2D eigenvalue weighted by molar-refractivity contribution is -0.121. The number of nitrogens with zero attached hydrogens (tertiary/aromatic N) is 2. The summed E-state index contributed by atoms with van der Waals surface area (Å²) in [5.41, 5.74) is 1.53. The van der Waals surface area contributed by atoms with Crippen molar-refractivity contribution in [3.05, 3.63) is 65.5 Å². The molecule has 2 aromatic rings. The lowest BCUT2D eigenvalue weighted by Crippen LogP contribution is -2.49. The van der Waals surface area contributed by atoms with Gasteiger partial charge in [-0.3, -0.25) is 4.79 Å². The van der Waals surface area contributed by atoms with Gasteiger partial charge in [0, 0.05) is 19.6 Å². The molecule has 2 aromatic carbocycles. The number of nitrogens with one attached hydrogen (secondary N) is 1. The molecule has 0 spiro atoms. The maximum atomic E-state index is 13.1. The summed E-state index contributed by atoms with van der Waals surface area (Å²) >= 11 is 0. The van der Waals surface area contributed by atoms with Crippen molar-refractivity contribution in [2.24, 2.45) is 0 Å². The number of benzene rings is 2. The Bertz CT molecular complexity index is 1000. The van der Waals surface area contributed by atoms with Gasteiger partial charge in [-0.25, -0.2) is 21.9 Å². The van der Waals surface area contributed by atoms with Crippen LogP contribution in [0.1, 0.15) is 24.0 Å². The van der Waals surface area contributed by atoms with E-state index >= 15 is 0 Å². The molecule has 0 bridgehead atoms. The molecule has 0 atom stereocenters. The van der Waals surface area contributed by atoms with E-state index in [2.05, 4.69) is 5.32 Å². The van der Waals surface area contributed by atoms with Crippen LogP contribution in [0.25, 0.3) is 0 Å². The molecule has 0 radical (unpaired) electrons. The van der Waals surface area contributed by atoms with Gasteiger partial charge in [0.15, 0.2) is 0 Å². The average molecular weight is 434 g/mol. The molecule has 1 saturated heterocycles. The molecule has 1 heterocycles. The lowest BCUT2D eigenvalue weighted by atomic mass is 10.2. The quantitative estimate of drug-likeness (QED) is 0.759. The van der Waals surface area contributed by atoms with Crippen molar-refractivity contribution < 1.29 is 22.4 Å². The first kappa shape index (κ1) is 21.8. The Morgan fingerprint density at radius 2 is 1.63 bits per heavy atom. The first-order chi connectivity index (χ1) is 14.3. The molecule has 0 saturated carbocycles. The highest BCUT2D eigenvalue weighted by molar-refractivity contribution is 7.89. The minimum atomic E-state index is -4.21. The van der Waals surface area contributed by atoms with Gasteiger partial charge >= 0.3 is 6.03 Å². The molecule has 1 aliphatic heterocycles. The number of carbonyl (C=O) groups is 2. The minimum absolute atomic E-state index is 0.0491. The summed E-state index contributed by atoms with van der Waals surface area (Å²) < 4.78 is 39.9. The van der Waals surface area contributed by atoms with Gasteiger partial charge in [0.1, 0.15) is 12.4 Å². The number of rotatable bonds is 6. The molecule has 0 aliphatic carbocycles. The van der Waals surface area contributed by atoms with Crippen LogP contribution in [0, 0.1) is 12.7 Å². The highest BCUT2D eigenvalue weighted by Crippen LogP contribution is 2.20. The van der Waals surface area contributed by atoms with E-state index in [-0.39, 0.29) is 11.4 Å². The average Bonchev–Trinajstić information content (AvgIpc) is 3.26. The fraction of sp³-hybridized carbons (Fsp3) is 0.333. The second-order valence-electron chi connectivity index (χ2n) is 7.20. The first-order valence-electron chi connectivity index (χ1n) is 9.67. The molecule has 1 N–H and O–H groups in total. The van der Waals surface area contributed by atoms with E-state index in [4.69, 9.17) is 0 Å². The van der Waals surface area contributed by atoms with Crippen molar-refractivity contribution in [3.8, 4) is 0 Å². The topological polar surface area (TPSA) is 86.8 Å². The van der Waals surface area contributed by atoms with Crippen molar-refractivity contribution in [1.29, 1.82) is 0 Å². The van der Waals surface area contributed by atoms with E-state index in [0.717, 1.165) is 18.4 Å². The van der Waals surface area contributed by atoms with Crippen LogP contribution in [0.3, 0.4) is 0 Å². The van der Waals surface area contributed by atoms with Crippen molar-refractivity contribution in [1.82, 2.24) is 14.5 Å². The summed E-state index contributed by atoms with van der Waals surface area (Å²) in [5.74, 6) is -1.01. The molecule has 3 rings (SSSR count). The number of aryl methyl sites for hydroxylation is 1. The zero-order valence-corrected chi connectivity index (χ0v) is 17.5. The summed E-state index contributed by atoms with van der Waals surface area (Å²) in [6, 6.07) is 11.0. The normalized spacial score (nSPS) is 13.9. The van der Waals surface area contributed by atoms with Crippen molar-refractivity contribution in [2.45, 2.75) is 31.2 Å². The SMILES string of the molecule is Cc1ccc(S(=O)(=O)N(CC(=O)NCc2ccc(F)cc2)C(=O)N2CCCC2)cc1. The second kappa shape index (κ2) is 9.25. The molecule has 160 valence electrons. The van der Waals surface area contributed by atoms with Crippen LogP contribution in [0.2, 0.25) is 0 Å². The van der Waals surface area contributed by atoms with Gasteiger partial charge in [0.25, 0.3) is 10.0 Å². The minimum Gasteiger partial charge on any atom is -0.350 e. The zero-order valence-electron chi connectivity index (χ0n) is 16.7. The van der Waals surface area contributed by atoms with Crippen LogP contribution in [-0.4, -0.2) is 49.2 Å². The van der Waals surface area contributed by atoms with Gasteiger partial charge in [-0.1, -0.05) is 29.8 Å². The number of likely N-dealkylation sites (tertiary alicyclic amines) is 1. The van der Waals surface area contributed by atoms with Crippen LogP contribution in [0.15, 0.2) is 53.4 Å². The largest absolute Gasteiger partial charge is 0.350 e. The number of carbonyl (C=O) groups excluding carboxylic acids is 2. The molecular formula is C21H24FN3O4S. The smallest absolute Gasteiger partial charge is 0.334 e. The summed E-state index contributed by atoms with van der Waals surface area (Å²) in [6.45, 7) is 2.19. The van der Waals surface area contributed by atoms with Crippen LogP contribution in [0.5, 0.6) is 0 Å². The third-order valence-corrected chi connectivity index (χ3v) is 6.62. The Labute approximate surface area is 175 Å². The highest BCUT2D eigenvalue weighted by atomic mass is 32.2. The molecule has 7 nitrogen and oxygen atoms in total. The third kappa shape index (κ3) is 5.15. The third-order valence-electron chi connectivity index (χ3n) is 4.89. The Morgan fingerprint density at radius 3 is 2.23 bits per heavy atom. The first-order valence-corrected chi connectivity index (χ1v) is 11.1. The number of halogens is 1. The standard InChI is InChI=1S/C21H24FN3O4S/c1-16-4-10-19(11-5-16)30(28,29)25(21(27)24-12-2-3-13-24)15-20(26)23-14-17-6-8-18(22)9-7-17/h4-11H,2-3,12-15H2,1H3,(H,23,26). The van der Waals surface area contributed by atoms with Crippen molar-refractivity contribution in [3.63, 3.8) is 0 Å². The predicted molar refractivity (Wildman–Crippen MR) is 110 cm³/mol. The summed E-state index contributed by atoms with van der Waals surface area (Å²) in [5, 5.41) is 2.59. The summed E-state index contributed by atoms with van der Waals surface area (Å²) in [7, 11) is -4.21. The molecule has 30 heavy (non-hydrogen) atoms. The molecule has 0 aromatic heterocycles. The fourth-order valence-electron chi connectivity index (χ4n) is 3.15. The molecule has 0 unspecified atom stereocenters. The number of sulfonamides is 1. The Kier molecular flexibility index (Phi) is 6.71. The van der Waals surface area contributed by atoms with Crippen molar-refractivity contribution in [2.75, 3.05) is 19.6 Å². The molecule has 1 fully saturated rings. The van der Waals surface area contributed by atoms with Gasteiger partial charge in [0.2, 0.25) is 5.91 Å². The maximum absolute atomic E-state index is 13.1. The van der Waals surface area contributed by atoms with Crippen molar-refractivity contribution >= 4 is 22.0 Å². The Balaban J connectivity index is 1.78. The molecule has 1 aliphatic rings. The predicted octanol–water partition coefficient (Wildman–Crippen LogP) is 2.66. The van der Waals surface area contributed by atoms with Crippen LogP contribution >= 0.6 is 0 Å². The highest BCUT2D eigenvalue weighted by Gasteiger charge is 2.35. The maximum Gasteiger partial charge on any atom is 0.334 e. The Hall–Kier alpha value is -2.94.